The first-order chi connectivity index (χ1) is 8.69. The maximum Gasteiger partial charge on any atom is 0.139 e. The van der Waals surface area contributed by atoms with Crippen LogP contribution in [0.2, 0.25) is 0 Å². The number of thioether (sulfide) groups is 1. The van der Waals surface area contributed by atoms with Crippen molar-refractivity contribution < 1.29 is 8.78 Å². The average molecular weight is 265 g/mol. The fourth-order valence-electron chi connectivity index (χ4n) is 1.60. The van der Waals surface area contributed by atoms with Crippen LogP contribution in [0.3, 0.4) is 0 Å². The van der Waals surface area contributed by atoms with Gasteiger partial charge in [-0.1, -0.05) is 24.3 Å². The fraction of sp³-hybridized carbons (Fsp3) is 0.143. The van der Waals surface area contributed by atoms with E-state index in [0.29, 0.717) is 17.2 Å². The van der Waals surface area contributed by atoms with Crippen molar-refractivity contribution in [1.82, 2.24) is 0 Å². The van der Waals surface area contributed by atoms with E-state index in [4.69, 9.17) is 5.73 Å². The zero-order valence-electron chi connectivity index (χ0n) is 9.70. The Kier molecular flexibility index (Phi) is 4.33. The van der Waals surface area contributed by atoms with Crippen LogP contribution in [0.25, 0.3) is 0 Å². The smallest absolute Gasteiger partial charge is 0.139 e. The molecular formula is C14H13F2NS. The molecule has 18 heavy (non-hydrogen) atoms. The quantitative estimate of drug-likeness (QED) is 0.853. The van der Waals surface area contributed by atoms with Crippen molar-refractivity contribution in [3.8, 4) is 0 Å². The van der Waals surface area contributed by atoms with Gasteiger partial charge in [-0.3, -0.25) is 0 Å². The van der Waals surface area contributed by atoms with Crippen LogP contribution in [0, 0.1) is 11.6 Å². The molecule has 1 nitrogen and oxygen atoms in total. The van der Waals surface area contributed by atoms with Crippen molar-refractivity contribution in [3.63, 3.8) is 0 Å². The average Bonchev–Trinajstić information content (AvgIpc) is 2.38. The minimum Gasteiger partial charge on any atom is -0.326 e. The summed E-state index contributed by atoms with van der Waals surface area (Å²) < 4.78 is 26.2. The number of hydrogen-bond donors (Lipinski definition) is 1. The standard InChI is InChI=1S/C14H13F2NS/c15-12-4-5-14(13(16)7-12)18-9-11-3-1-2-10(6-11)8-17/h1-7H,8-9,17H2. The van der Waals surface area contributed by atoms with Gasteiger partial charge in [0.05, 0.1) is 0 Å². The molecule has 0 heterocycles. The molecule has 2 N–H and O–H groups in total. The first kappa shape index (κ1) is 13.1. The zero-order valence-corrected chi connectivity index (χ0v) is 10.5. The first-order valence-electron chi connectivity index (χ1n) is 5.55. The molecular weight excluding hydrogens is 252 g/mol. The van der Waals surface area contributed by atoms with Crippen LogP contribution in [0.5, 0.6) is 0 Å². The van der Waals surface area contributed by atoms with E-state index in [0.717, 1.165) is 17.2 Å². The maximum absolute atomic E-state index is 13.4. The summed E-state index contributed by atoms with van der Waals surface area (Å²) >= 11 is 1.35. The summed E-state index contributed by atoms with van der Waals surface area (Å²) in [5, 5.41) is 0. The van der Waals surface area contributed by atoms with Gasteiger partial charge in [0.15, 0.2) is 0 Å². The lowest BCUT2D eigenvalue weighted by molar-refractivity contribution is 0.565. The van der Waals surface area contributed by atoms with Gasteiger partial charge in [0.25, 0.3) is 0 Å². The number of halogens is 2. The highest BCUT2D eigenvalue weighted by Crippen LogP contribution is 2.26. The summed E-state index contributed by atoms with van der Waals surface area (Å²) in [4.78, 5) is 0.453. The third-order valence-corrected chi connectivity index (χ3v) is 3.64. The molecule has 0 atom stereocenters. The number of rotatable bonds is 4. The van der Waals surface area contributed by atoms with Gasteiger partial charge in [0, 0.05) is 23.3 Å². The van der Waals surface area contributed by atoms with E-state index in [1.807, 2.05) is 24.3 Å². The monoisotopic (exact) mass is 265 g/mol. The van der Waals surface area contributed by atoms with E-state index in [9.17, 15) is 8.78 Å². The minimum absolute atomic E-state index is 0.453. The molecule has 0 spiro atoms. The molecule has 0 radical (unpaired) electrons. The van der Waals surface area contributed by atoms with Crippen molar-refractivity contribution in [2.75, 3.05) is 0 Å². The van der Waals surface area contributed by atoms with Crippen LogP contribution in [0.4, 0.5) is 8.78 Å². The van der Waals surface area contributed by atoms with Gasteiger partial charge in [-0.2, -0.15) is 0 Å². The molecule has 0 aliphatic carbocycles. The Labute approximate surface area is 109 Å². The molecule has 0 saturated carbocycles. The molecule has 0 aliphatic heterocycles. The molecule has 0 aromatic heterocycles. The van der Waals surface area contributed by atoms with Gasteiger partial charge in [0.2, 0.25) is 0 Å². The van der Waals surface area contributed by atoms with Gasteiger partial charge < -0.3 is 5.73 Å². The molecule has 0 fully saturated rings. The molecule has 4 heteroatoms. The highest BCUT2D eigenvalue weighted by molar-refractivity contribution is 7.98. The summed E-state index contributed by atoms with van der Waals surface area (Å²) in [6.07, 6.45) is 0. The number of hydrogen-bond acceptors (Lipinski definition) is 2. The summed E-state index contributed by atoms with van der Waals surface area (Å²) in [5.41, 5.74) is 7.68. The Morgan fingerprint density at radius 2 is 1.78 bits per heavy atom. The normalized spacial score (nSPS) is 10.6. The van der Waals surface area contributed by atoms with Crippen LogP contribution in [0.1, 0.15) is 11.1 Å². The highest BCUT2D eigenvalue weighted by atomic mass is 32.2. The highest BCUT2D eigenvalue weighted by Gasteiger charge is 2.05. The van der Waals surface area contributed by atoms with Gasteiger partial charge in [-0.05, 0) is 23.3 Å². The summed E-state index contributed by atoms with van der Waals surface area (Å²) in [5.74, 6) is -0.437. The van der Waals surface area contributed by atoms with E-state index < -0.39 is 11.6 Å². The van der Waals surface area contributed by atoms with Gasteiger partial charge in [-0.15, -0.1) is 11.8 Å². The van der Waals surface area contributed by atoms with Crippen LogP contribution in [0.15, 0.2) is 47.4 Å². The SMILES string of the molecule is NCc1cccc(CSc2ccc(F)cc2F)c1. The maximum atomic E-state index is 13.4. The lowest BCUT2D eigenvalue weighted by atomic mass is 10.1. The van der Waals surface area contributed by atoms with E-state index in [2.05, 4.69) is 0 Å². The van der Waals surface area contributed by atoms with Crippen molar-refractivity contribution in [3.05, 3.63) is 65.2 Å². The molecule has 0 unspecified atom stereocenters. The van der Waals surface area contributed by atoms with Crippen LogP contribution in [-0.4, -0.2) is 0 Å². The molecule has 0 saturated heterocycles. The van der Waals surface area contributed by atoms with Crippen molar-refractivity contribution in [2.24, 2.45) is 5.73 Å². The Balaban J connectivity index is 2.06. The summed E-state index contributed by atoms with van der Waals surface area (Å²) in [6, 6.07) is 11.5. The second kappa shape index (κ2) is 5.98. The van der Waals surface area contributed by atoms with Crippen LogP contribution >= 0.6 is 11.8 Å². The third-order valence-electron chi connectivity index (χ3n) is 2.52. The molecule has 2 rings (SSSR count). The topological polar surface area (TPSA) is 26.0 Å². The van der Waals surface area contributed by atoms with Gasteiger partial charge in [0.1, 0.15) is 11.6 Å². The Morgan fingerprint density at radius 1 is 1.00 bits per heavy atom. The second-order valence-electron chi connectivity index (χ2n) is 3.89. The Hall–Kier alpha value is -1.39. The predicted octanol–water partition coefficient (Wildman–Crippen LogP) is 3.72. The van der Waals surface area contributed by atoms with E-state index in [1.54, 1.807) is 0 Å². The van der Waals surface area contributed by atoms with E-state index in [1.165, 1.54) is 23.9 Å². The lowest BCUT2D eigenvalue weighted by Crippen LogP contribution is -1.96. The third kappa shape index (κ3) is 3.31. The Morgan fingerprint density at radius 3 is 2.50 bits per heavy atom. The first-order valence-corrected chi connectivity index (χ1v) is 6.53. The summed E-state index contributed by atoms with van der Waals surface area (Å²) in [6.45, 7) is 0.490. The van der Waals surface area contributed by atoms with Crippen molar-refractivity contribution in [2.45, 2.75) is 17.2 Å². The van der Waals surface area contributed by atoms with Crippen LogP contribution in [-0.2, 0) is 12.3 Å². The van der Waals surface area contributed by atoms with Crippen molar-refractivity contribution >= 4 is 11.8 Å². The number of nitrogens with two attached hydrogens (primary N) is 1. The zero-order chi connectivity index (χ0) is 13.0. The fourth-order valence-corrected chi connectivity index (χ4v) is 2.46. The van der Waals surface area contributed by atoms with Gasteiger partial charge >= 0.3 is 0 Å². The number of benzene rings is 2. The molecule has 0 amide bonds. The van der Waals surface area contributed by atoms with E-state index in [-0.39, 0.29) is 0 Å². The second-order valence-corrected chi connectivity index (χ2v) is 4.90. The summed E-state index contributed by atoms with van der Waals surface area (Å²) in [7, 11) is 0. The minimum atomic E-state index is -0.554. The molecule has 0 bridgehead atoms. The predicted molar refractivity (Wildman–Crippen MR) is 70.3 cm³/mol. The van der Waals surface area contributed by atoms with E-state index >= 15 is 0 Å². The van der Waals surface area contributed by atoms with Crippen LogP contribution < -0.4 is 5.73 Å². The van der Waals surface area contributed by atoms with Gasteiger partial charge in [-0.25, -0.2) is 8.78 Å². The molecule has 2 aromatic carbocycles. The van der Waals surface area contributed by atoms with Crippen molar-refractivity contribution in [1.29, 1.82) is 0 Å². The Bertz CT molecular complexity index is 543. The lowest BCUT2D eigenvalue weighted by Gasteiger charge is -2.05. The largest absolute Gasteiger partial charge is 0.326 e. The molecule has 94 valence electrons. The molecule has 0 aliphatic rings. The molecule has 2 aromatic rings.